The van der Waals surface area contributed by atoms with Gasteiger partial charge in [-0.25, -0.2) is 4.98 Å². The van der Waals surface area contributed by atoms with E-state index in [-0.39, 0.29) is 24.0 Å². The predicted molar refractivity (Wildman–Crippen MR) is 156 cm³/mol. The van der Waals surface area contributed by atoms with Gasteiger partial charge in [0.15, 0.2) is 0 Å². The number of nitrogens with two attached hydrogens (primary N) is 2. The number of thiazole rings is 1. The number of aliphatic hydroxyl groups is 1. The minimum Gasteiger partial charge on any atom is -0.391 e. The van der Waals surface area contributed by atoms with Crippen LogP contribution in [0.1, 0.15) is 44.9 Å². The second-order valence-corrected chi connectivity index (χ2v) is 11.3. The molecule has 6 N–H and O–H groups in total. The van der Waals surface area contributed by atoms with Gasteiger partial charge >= 0.3 is 0 Å². The molecule has 0 spiro atoms. The Balaban J connectivity index is 0.000000307. The van der Waals surface area contributed by atoms with Crippen LogP contribution < -0.4 is 16.8 Å². The summed E-state index contributed by atoms with van der Waals surface area (Å²) in [5.74, 6) is -0.298. The van der Waals surface area contributed by atoms with Crippen molar-refractivity contribution in [2.24, 2.45) is 16.9 Å². The van der Waals surface area contributed by atoms with E-state index in [4.69, 9.17) is 20.9 Å². The van der Waals surface area contributed by atoms with E-state index in [0.29, 0.717) is 52.3 Å². The summed E-state index contributed by atoms with van der Waals surface area (Å²) >= 11 is 1.64. The van der Waals surface area contributed by atoms with Gasteiger partial charge in [0.1, 0.15) is 6.61 Å². The number of carbonyl (C=O) groups is 3. The first-order chi connectivity index (χ1) is 19.0. The Bertz CT molecular complexity index is 1010. The second kappa shape index (κ2) is 19.2. The smallest absolute Gasteiger partial charge is 0.243 e. The highest BCUT2D eigenvalue weighted by atomic mass is 32.1. The van der Waals surface area contributed by atoms with Crippen LogP contribution in [0, 0.1) is 12.3 Å². The first kappa shape index (κ1) is 35.1. The molecule has 3 amide bonds. The quantitative estimate of drug-likeness (QED) is 0.218. The number of β-amino-alcohol motifs (C(OH)–C–C–N with tert-alkyl or cyclic N) is 1. The first-order valence-electron chi connectivity index (χ1n) is 13.2. The maximum Gasteiger partial charge on any atom is 0.243 e. The van der Waals surface area contributed by atoms with Gasteiger partial charge in [-0.1, -0.05) is 45.0 Å². The summed E-state index contributed by atoms with van der Waals surface area (Å²) in [7, 11) is 0. The molecule has 40 heavy (non-hydrogen) atoms. The van der Waals surface area contributed by atoms with E-state index in [0.717, 1.165) is 24.2 Å². The number of ether oxygens (including phenoxy) is 2. The monoisotopic (exact) mass is 579 g/mol. The zero-order chi connectivity index (χ0) is 30.0. The van der Waals surface area contributed by atoms with Crippen LogP contribution in [0.25, 0.3) is 10.4 Å². The molecule has 1 saturated heterocycles. The van der Waals surface area contributed by atoms with Gasteiger partial charge in [0, 0.05) is 32.6 Å². The third-order valence-electron chi connectivity index (χ3n) is 5.43. The minimum absolute atomic E-state index is 0.0463. The van der Waals surface area contributed by atoms with Gasteiger partial charge in [-0.05, 0) is 29.9 Å². The fraction of sp³-hybridized carbons (Fsp3) is 0.571. The average Bonchev–Trinajstić information content (AvgIpc) is 3.53. The summed E-state index contributed by atoms with van der Waals surface area (Å²) in [5.41, 5.74) is 15.2. The van der Waals surface area contributed by atoms with Crippen molar-refractivity contribution in [3.63, 3.8) is 0 Å². The number of primary amides is 1. The molecule has 1 aliphatic rings. The maximum absolute atomic E-state index is 11.6. The van der Waals surface area contributed by atoms with E-state index in [1.165, 1.54) is 10.4 Å². The number of aryl methyl sites for hydroxylation is 1. The molecule has 1 aliphatic heterocycles. The fourth-order valence-electron chi connectivity index (χ4n) is 3.52. The van der Waals surface area contributed by atoms with Crippen LogP contribution in [0.3, 0.4) is 0 Å². The Hall–Kier alpha value is -2.90. The molecule has 1 atom stereocenters. The highest BCUT2D eigenvalue weighted by molar-refractivity contribution is 7.13. The summed E-state index contributed by atoms with van der Waals surface area (Å²) in [5, 5.41) is 11.9. The zero-order valence-corrected chi connectivity index (χ0v) is 24.9. The van der Waals surface area contributed by atoms with E-state index in [9.17, 15) is 19.5 Å². The van der Waals surface area contributed by atoms with Gasteiger partial charge in [-0.3, -0.25) is 14.4 Å². The standard InChI is InChI=1S/C12H12N2OS.C10H19NO2.C6H14N2O3/c1-9-12(16-8-14-9)11-4-2-10(3-5-11)6-13-7-15;1-10(2,3)6-9(13)11-5-4-8(12)7-11;7-1-2-10-3-4-11-5-6(8)9/h2-5,7-8H,6H2,1H3,(H,13,15);8,12H,4-7H2,1-3H3;1-5,7H2,(H2,8,9). The Kier molecular flexibility index (Phi) is 16.9. The van der Waals surface area contributed by atoms with Gasteiger partial charge in [-0.2, -0.15) is 0 Å². The lowest BCUT2D eigenvalue weighted by atomic mass is 9.92. The highest BCUT2D eigenvalue weighted by Crippen LogP contribution is 2.27. The Morgan fingerprint density at radius 3 is 2.38 bits per heavy atom. The molecule has 224 valence electrons. The van der Waals surface area contributed by atoms with Crippen LogP contribution in [0.4, 0.5) is 0 Å². The van der Waals surface area contributed by atoms with Gasteiger partial charge in [0.2, 0.25) is 18.2 Å². The molecule has 2 aromatic rings. The number of nitrogens with zero attached hydrogens (tertiary/aromatic N) is 2. The number of likely N-dealkylation sites (tertiary alicyclic amines) is 1. The summed E-state index contributed by atoms with van der Waals surface area (Å²) in [6.45, 7) is 11.8. The molecule has 11 nitrogen and oxygen atoms in total. The van der Waals surface area contributed by atoms with Gasteiger partial charge in [-0.15, -0.1) is 11.3 Å². The van der Waals surface area contributed by atoms with Gasteiger partial charge in [0.25, 0.3) is 0 Å². The topological polar surface area (TPSA) is 170 Å². The van der Waals surface area contributed by atoms with Crippen molar-refractivity contribution in [2.45, 2.75) is 53.2 Å². The number of benzene rings is 1. The van der Waals surface area contributed by atoms with Crippen molar-refractivity contribution >= 4 is 29.6 Å². The molecule has 1 aromatic heterocycles. The molecule has 2 heterocycles. The van der Waals surface area contributed by atoms with Gasteiger partial charge < -0.3 is 36.3 Å². The molecule has 0 saturated carbocycles. The van der Waals surface area contributed by atoms with E-state index in [2.05, 4.69) is 43.2 Å². The van der Waals surface area contributed by atoms with Crippen LogP contribution in [0.15, 0.2) is 29.8 Å². The zero-order valence-electron chi connectivity index (χ0n) is 24.1. The number of carbonyl (C=O) groups excluding carboxylic acids is 3. The summed E-state index contributed by atoms with van der Waals surface area (Å²) in [6, 6.07) is 8.15. The fourth-order valence-corrected chi connectivity index (χ4v) is 4.33. The largest absolute Gasteiger partial charge is 0.391 e. The molecule has 1 unspecified atom stereocenters. The van der Waals surface area contributed by atoms with E-state index in [1.54, 1.807) is 16.2 Å². The first-order valence-corrected chi connectivity index (χ1v) is 14.1. The molecule has 0 radical (unpaired) electrons. The number of aliphatic hydroxyl groups excluding tert-OH is 1. The number of hydrogen-bond acceptors (Lipinski definition) is 9. The number of rotatable bonds is 12. The number of amides is 3. The lowest BCUT2D eigenvalue weighted by molar-refractivity contribution is -0.132. The Morgan fingerprint density at radius 1 is 1.20 bits per heavy atom. The third kappa shape index (κ3) is 15.6. The summed E-state index contributed by atoms with van der Waals surface area (Å²) in [6.07, 6.45) is 1.71. The SMILES string of the molecule is CC(C)(C)CC(=O)N1CCC(O)C1.Cc1ncsc1-c1ccc(CNC=O)cc1.NCCOCCOCC(N)=O. The predicted octanol–water partition coefficient (Wildman–Crippen LogP) is 1.84. The molecule has 1 aromatic carbocycles. The lowest BCUT2D eigenvalue weighted by Gasteiger charge is -2.22. The van der Waals surface area contributed by atoms with Crippen LogP contribution in [-0.2, 0) is 30.4 Å². The summed E-state index contributed by atoms with van der Waals surface area (Å²) < 4.78 is 9.76. The lowest BCUT2D eigenvalue weighted by Crippen LogP contribution is -2.32. The average molecular weight is 580 g/mol. The van der Waals surface area contributed by atoms with E-state index in [1.807, 2.05) is 24.6 Å². The minimum atomic E-state index is -0.469. The number of aromatic nitrogens is 1. The number of hydrogen-bond donors (Lipinski definition) is 4. The second-order valence-electron chi connectivity index (χ2n) is 10.4. The normalized spacial score (nSPS) is 14.4. The van der Waals surface area contributed by atoms with Crippen molar-refractivity contribution in [1.82, 2.24) is 15.2 Å². The summed E-state index contributed by atoms with van der Waals surface area (Å²) in [4.78, 5) is 39.1. The molecule has 12 heteroatoms. The molecule has 1 fully saturated rings. The van der Waals surface area contributed by atoms with Crippen molar-refractivity contribution in [3.8, 4) is 10.4 Å². The van der Waals surface area contributed by atoms with E-state index >= 15 is 0 Å². The van der Waals surface area contributed by atoms with Crippen LogP contribution >= 0.6 is 11.3 Å². The molecular formula is C28H45N5O6S. The van der Waals surface area contributed by atoms with Crippen LogP contribution in [0.5, 0.6) is 0 Å². The molecular weight excluding hydrogens is 534 g/mol. The van der Waals surface area contributed by atoms with Crippen molar-refractivity contribution in [2.75, 3.05) is 46.1 Å². The molecule has 0 aliphatic carbocycles. The van der Waals surface area contributed by atoms with Crippen molar-refractivity contribution in [1.29, 1.82) is 0 Å². The van der Waals surface area contributed by atoms with Crippen LogP contribution in [0.2, 0.25) is 0 Å². The molecule has 0 bridgehead atoms. The van der Waals surface area contributed by atoms with Crippen molar-refractivity contribution < 1.29 is 29.0 Å². The Labute approximate surface area is 241 Å². The van der Waals surface area contributed by atoms with Crippen molar-refractivity contribution in [3.05, 3.63) is 41.0 Å². The third-order valence-corrected chi connectivity index (χ3v) is 6.40. The maximum atomic E-state index is 11.6. The molecule has 3 rings (SSSR count). The number of nitrogens with one attached hydrogen (secondary N) is 1. The van der Waals surface area contributed by atoms with Gasteiger partial charge in [0.05, 0.1) is 42.0 Å². The Morgan fingerprint density at radius 2 is 1.88 bits per heavy atom. The van der Waals surface area contributed by atoms with Crippen LogP contribution in [-0.4, -0.2) is 85.4 Å². The highest BCUT2D eigenvalue weighted by Gasteiger charge is 2.27. The van der Waals surface area contributed by atoms with E-state index < -0.39 is 5.91 Å².